The second-order valence-corrected chi connectivity index (χ2v) is 5.39. The summed E-state index contributed by atoms with van der Waals surface area (Å²) in [4.78, 5) is 2.50. The molecule has 1 aromatic carbocycles. The molecule has 0 amide bonds. The molecular formula is C16H20FN2. The second kappa shape index (κ2) is 5.85. The molecule has 0 spiro atoms. The van der Waals surface area contributed by atoms with Crippen molar-refractivity contribution >= 4 is 5.57 Å². The highest BCUT2D eigenvalue weighted by Gasteiger charge is 2.19. The molecule has 1 aromatic rings. The van der Waals surface area contributed by atoms with E-state index in [1.807, 2.05) is 12.1 Å². The predicted molar refractivity (Wildman–Crippen MR) is 75.5 cm³/mol. The van der Waals surface area contributed by atoms with Crippen molar-refractivity contribution < 1.29 is 4.39 Å². The topological polar surface area (TPSA) is 17.3 Å². The summed E-state index contributed by atoms with van der Waals surface area (Å²) in [7, 11) is 0. The highest BCUT2D eigenvalue weighted by molar-refractivity contribution is 5.70. The SMILES string of the molecule is Fc1ccc(C2=C(CN3CC[N]CC3)CCC2)cc1. The van der Waals surface area contributed by atoms with Crippen molar-refractivity contribution in [3.8, 4) is 0 Å². The van der Waals surface area contributed by atoms with Crippen molar-refractivity contribution in [2.24, 2.45) is 0 Å². The van der Waals surface area contributed by atoms with Crippen LogP contribution in [-0.4, -0.2) is 37.6 Å². The van der Waals surface area contributed by atoms with Crippen molar-refractivity contribution in [1.29, 1.82) is 0 Å². The van der Waals surface area contributed by atoms with Crippen molar-refractivity contribution in [2.75, 3.05) is 32.7 Å². The van der Waals surface area contributed by atoms with Gasteiger partial charge in [-0.25, -0.2) is 9.71 Å². The van der Waals surface area contributed by atoms with Gasteiger partial charge >= 0.3 is 0 Å². The molecule has 19 heavy (non-hydrogen) atoms. The van der Waals surface area contributed by atoms with E-state index in [1.165, 1.54) is 24.0 Å². The molecule has 101 valence electrons. The first-order chi connectivity index (χ1) is 9.33. The van der Waals surface area contributed by atoms with Crippen LogP contribution in [0.4, 0.5) is 4.39 Å². The normalized spacial score (nSPS) is 21.1. The molecule has 0 N–H and O–H groups in total. The van der Waals surface area contributed by atoms with Crippen LogP contribution >= 0.6 is 0 Å². The standard InChI is InChI=1S/C16H20FN2/c17-15-6-4-13(5-7-15)16-3-1-2-14(16)12-19-10-8-18-9-11-19/h4-7H,1-3,8-12H2. The van der Waals surface area contributed by atoms with Gasteiger partial charge < -0.3 is 0 Å². The first kappa shape index (κ1) is 12.8. The minimum atomic E-state index is -0.151. The van der Waals surface area contributed by atoms with Crippen LogP contribution in [0.25, 0.3) is 5.57 Å². The molecule has 0 unspecified atom stereocenters. The maximum absolute atomic E-state index is 13.0. The molecule has 0 atom stereocenters. The van der Waals surface area contributed by atoms with Gasteiger partial charge in [-0.15, -0.1) is 0 Å². The Hall–Kier alpha value is -1.19. The molecule has 1 aliphatic carbocycles. The lowest BCUT2D eigenvalue weighted by Crippen LogP contribution is -2.41. The van der Waals surface area contributed by atoms with Crippen LogP contribution < -0.4 is 5.32 Å². The zero-order chi connectivity index (χ0) is 13.1. The van der Waals surface area contributed by atoms with E-state index in [9.17, 15) is 4.39 Å². The first-order valence-electron chi connectivity index (χ1n) is 7.15. The van der Waals surface area contributed by atoms with Gasteiger partial charge in [-0.3, -0.25) is 4.90 Å². The zero-order valence-corrected chi connectivity index (χ0v) is 11.2. The second-order valence-electron chi connectivity index (χ2n) is 5.39. The molecule has 1 radical (unpaired) electrons. The number of piperazine rings is 1. The van der Waals surface area contributed by atoms with Crippen LogP contribution in [0.5, 0.6) is 0 Å². The van der Waals surface area contributed by atoms with Gasteiger partial charge in [0.15, 0.2) is 0 Å². The number of rotatable bonds is 3. The van der Waals surface area contributed by atoms with Gasteiger partial charge in [0.1, 0.15) is 5.82 Å². The monoisotopic (exact) mass is 259 g/mol. The quantitative estimate of drug-likeness (QED) is 0.816. The number of hydrogen-bond acceptors (Lipinski definition) is 1. The fourth-order valence-corrected chi connectivity index (χ4v) is 3.06. The lowest BCUT2D eigenvalue weighted by atomic mass is 10.0. The first-order valence-corrected chi connectivity index (χ1v) is 7.15. The number of allylic oxidation sites excluding steroid dienone is 1. The molecule has 1 fully saturated rings. The Morgan fingerprint density at radius 3 is 2.53 bits per heavy atom. The Bertz CT molecular complexity index is 458. The fourth-order valence-electron chi connectivity index (χ4n) is 3.06. The predicted octanol–water partition coefficient (Wildman–Crippen LogP) is 2.68. The summed E-state index contributed by atoms with van der Waals surface area (Å²) in [6.45, 7) is 5.18. The molecule has 1 saturated heterocycles. The molecule has 1 aliphatic heterocycles. The van der Waals surface area contributed by atoms with Crippen LogP contribution in [0.2, 0.25) is 0 Å². The van der Waals surface area contributed by atoms with Crippen LogP contribution in [0.15, 0.2) is 29.8 Å². The van der Waals surface area contributed by atoms with Gasteiger partial charge in [-0.05, 0) is 42.5 Å². The lowest BCUT2D eigenvalue weighted by Gasteiger charge is -2.27. The van der Waals surface area contributed by atoms with Gasteiger partial charge in [-0.2, -0.15) is 0 Å². The van der Waals surface area contributed by atoms with Crippen molar-refractivity contribution in [3.05, 3.63) is 41.2 Å². The van der Waals surface area contributed by atoms with E-state index in [2.05, 4.69) is 10.2 Å². The molecular weight excluding hydrogens is 239 g/mol. The summed E-state index contributed by atoms with van der Waals surface area (Å²) in [6, 6.07) is 6.97. The van der Waals surface area contributed by atoms with Crippen molar-refractivity contribution in [3.63, 3.8) is 0 Å². The third-order valence-corrected chi connectivity index (χ3v) is 4.09. The molecule has 0 bridgehead atoms. The van der Waals surface area contributed by atoms with E-state index in [0.29, 0.717) is 0 Å². The third kappa shape index (κ3) is 3.04. The average Bonchev–Trinajstić information content (AvgIpc) is 2.89. The highest BCUT2D eigenvalue weighted by atomic mass is 19.1. The van der Waals surface area contributed by atoms with E-state index in [4.69, 9.17) is 0 Å². The minimum absolute atomic E-state index is 0.151. The Morgan fingerprint density at radius 2 is 1.79 bits per heavy atom. The van der Waals surface area contributed by atoms with Crippen LogP contribution in [0.3, 0.4) is 0 Å². The number of halogens is 1. The zero-order valence-electron chi connectivity index (χ0n) is 11.2. The van der Waals surface area contributed by atoms with Crippen LogP contribution in [0.1, 0.15) is 24.8 Å². The highest BCUT2D eigenvalue weighted by Crippen LogP contribution is 2.34. The maximum Gasteiger partial charge on any atom is 0.123 e. The maximum atomic E-state index is 13.0. The molecule has 3 heteroatoms. The Morgan fingerprint density at radius 1 is 1.05 bits per heavy atom. The van der Waals surface area contributed by atoms with Crippen LogP contribution in [0, 0.1) is 5.82 Å². The van der Waals surface area contributed by atoms with Crippen molar-refractivity contribution in [2.45, 2.75) is 19.3 Å². The van der Waals surface area contributed by atoms with Gasteiger partial charge in [0.05, 0.1) is 0 Å². The third-order valence-electron chi connectivity index (χ3n) is 4.09. The Balaban J connectivity index is 1.77. The number of nitrogens with zero attached hydrogens (tertiary/aromatic N) is 2. The summed E-state index contributed by atoms with van der Waals surface area (Å²) in [6.07, 6.45) is 3.57. The van der Waals surface area contributed by atoms with Crippen molar-refractivity contribution in [1.82, 2.24) is 10.2 Å². The summed E-state index contributed by atoms with van der Waals surface area (Å²) in [5.41, 5.74) is 4.20. The molecule has 2 nitrogen and oxygen atoms in total. The summed E-state index contributed by atoms with van der Waals surface area (Å²) >= 11 is 0. The van der Waals surface area contributed by atoms with Gasteiger partial charge in [-0.1, -0.05) is 17.7 Å². The Kier molecular flexibility index (Phi) is 3.95. The van der Waals surface area contributed by atoms with E-state index in [1.54, 1.807) is 17.7 Å². The minimum Gasteiger partial charge on any atom is -0.297 e. The molecule has 0 saturated carbocycles. The van der Waals surface area contributed by atoms with E-state index in [0.717, 1.165) is 39.1 Å². The van der Waals surface area contributed by atoms with E-state index < -0.39 is 0 Å². The van der Waals surface area contributed by atoms with Crippen LogP contribution in [-0.2, 0) is 0 Å². The smallest absolute Gasteiger partial charge is 0.123 e. The largest absolute Gasteiger partial charge is 0.297 e. The average molecular weight is 259 g/mol. The molecule has 0 aromatic heterocycles. The van der Waals surface area contributed by atoms with Gasteiger partial charge in [0, 0.05) is 32.7 Å². The van der Waals surface area contributed by atoms with Gasteiger partial charge in [0.2, 0.25) is 0 Å². The van der Waals surface area contributed by atoms with E-state index >= 15 is 0 Å². The summed E-state index contributed by atoms with van der Waals surface area (Å²) in [5.74, 6) is -0.151. The molecule has 1 heterocycles. The summed E-state index contributed by atoms with van der Waals surface area (Å²) < 4.78 is 13.0. The Labute approximate surface area is 114 Å². The fraction of sp³-hybridized carbons (Fsp3) is 0.500. The van der Waals surface area contributed by atoms with E-state index in [-0.39, 0.29) is 5.82 Å². The number of benzene rings is 1. The van der Waals surface area contributed by atoms with Gasteiger partial charge in [0.25, 0.3) is 0 Å². The molecule has 2 aliphatic rings. The lowest BCUT2D eigenvalue weighted by molar-refractivity contribution is 0.256. The summed E-state index contributed by atoms with van der Waals surface area (Å²) in [5, 5.41) is 4.39. The molecule has 3 rings (SSSR count). The number of hydrogen-bond donors (Lipinski definition) is 0.